The Labute approximate surface area is 122 Å². The highest BCUT2D eigenvalue weighted by Crippen LogP contribution is 2.29. The largest absolute Gasteiger partial charge is 0.396 e. The minimum Gasteiger partial charge on any atom is -0.396 e. The van der Waals surface area contributed by atoms with Crippen LogP contribution in [0.5, 0.6) is 0 Å². The second kappa shape index (κ2) is 7.99. The van der Waals surface area contributed by atoms with Gasteiger partial charge in [0.1, 0.15) is 0 Å². The van der Waals surface area contributed by atoms with Crippen molar-refractivity contribution in [2.75, 3.05) is 13.2 Å². The van der Waals surface area contributed by atoms with E-state index >= 15 is 0 Å². The minimum absolute atomic E-state index is 0.178. The van der Waals surface area contributed by atoms with Crippen LogP contribution in [0.15, 0.2) is 0 Å². The van der Waals surface area contributed by atoms with Crippen molar-refractivity contribution in [1.29, 1.82) is 0 Å². The number of aliphatic hydroxyl groups is 1. The maximum atomic E-state index is 12.4. The molecule has 0 bridgehead atoms. The zero-order chi connectivity index (χ0) is 14.4. The van der Waals surface area contributed by atoms with Gasteiger partial charge >= 0.3 is 0 Å². The first-order chi connectivity index (χ1) is 9.70. The lowest BCUT2D eigenvalue weighted by Crippen LogP contribution is -2.45. The van der Waals surface area contributed by atoms with Gasteiger partial charge in [-0.05, 0) is 63.7 Å². The number of rotatable bonds is 7. The second-order valence-electron chi connectivity index (χ2n) is 6.57. The molecule has 4 heteroatoms. The average Bonchev–Trinajstić information content (AvgIpc) is 2.40. The fraction of sp³-hybridized carbons (Fsp3) is 0.938. The molecule has 1 amide bonds. The molecule has 0 unspecified atom stereocenters. The number of hydrogen-bond donors (Lipinski definition) is 2. The highest BCUT2D eigenvalue weighted by atomic mass is 16.3. The summed E-state index contributed by atoms with van der Waals surface area (Å²) in [6.45, 7) is 0.909. The number of carbonyl (C=O) groups is 1. The summed E-state index contributed by atoms with van der Waals surface area (Å²) in [4.78, 5) is 14.4. The Balaban J connectivity index is 1.73. The summed E-state index contributed by atoms with van der Waals surface area (Å²) in [6.07, 6.45) is 10.6. The Morgan fingerprint density at radius 3 is 2.40 bits per heavy atom. The van der Waals surface area contributed by atoms with Gasteiger partial charge in [0.25, 0.3) is 0 Å². The van der Waals surface area contributed by atoms with Crippen LogP contribution in [0, 0.1) is 5.92 Å². The lowest BCUT2D eigenvalue weighted by Gasteiger charge is -2.38. The summed E-state index contributed by atoms with van der Waals surface area (Å²) >= 11 is 0. The van der Waals surface area contributed by atoms with E-state index in [4.69, 9.17) is 10.8 Å². The molecular formula is C16H30N2O2. The quantitative estimate of drug-likeness (QED) is 0.751. The molecule has 20 heavy (non-hydrogen) atoms. The van der Waals surface area contributed by atoms with Gasteiger partial charge < -0.3 is 15.7 Å². The zero-order valence-electron chi connectivity index (χ0n) is 12.6. The standard InChI is InChI=1S/C16H30N2O2/c17-14-8-5-13(6-9-14)7-10-16(20)18(11-2-12-19)15-3-1-4-15/h13-15,19H,1-12,17H2. The molecule has 3 N–H and O–H groups in total. The third kappa shape index (κ3) is 4.45. The highest BCUT2D eigenvalue weighted by molar-refractivity contribution is 5.76. The molecule has 4 nitrogen and oxygen atoms in total. The Morgan fingerprint density at radius 1 is 1.15 bits per heavy atom. The molecule has 0 atom stereocenters. The van der Waals surface area contributed by atoms with E-state index in [0.717, 1.165) is 38.6 Å². The fourth-order valence-electron chi connectivity index (χ4n) is 3.40. The molecule has 0 heterocycles. The van der Waals surface area contributed by atoms with Crippen molar-refractivity contribution >= 4 is 5.91 Å². The number of hydrogen-bond acceptors (Lipinski definition) is 3. The van der Waals surface area contributed by atoms with Gasteiger partial charge in [0.15, 0.2) is 0 Å². The van der Waals surface area contributed by atoms with E-state index in [-0.39, 0.29) is 6.61 Å². The van der Waals surface area contributed by atoms with E-state index in [0.29, 0.717) is 36.8 Å². The smallest absolute Gasteiger partial charge is 0.222 e. The molecule has 0 aliphatic heterocycles. The van der Waals surface area contributed by atoms with Crippen molar-refractivity contribution in [3.63, 3.8) is 0 Å². The summed E-state index contributed by atoms with van der Waals surface area (Å²) in [5, 5.41) is 8.98. The van der Waals surface area contributed by atoms with Crippen molar-refractivity contribution in [2.45, 2.75) is 76.3 Å². The molecular weight excluding hydrogens is 252 g/mol. The van der Waals surface area contributed by atoms with Crippen LogP contribution in [0.3, 0.4) is 0 Å². The third-order valence-electron chi connectivity index (χ3n) is 5.05. The van der Waals surface area contributed by atoms with Crippen LogP contribution in [0.4, 0.5) is 0 Å². The van der Waals surface area contributed by atoms with Crippen molar-refractivity contribution in [2.24, 2.45) is 11.7 Å². The molecule has 0 aromatic heterocycles. The van der Waals surface area contributed by atoms with Gasteiger partial charge in [-0.15, -0.1) is 0 Å². The lowest BCUT2D eigenvalue weighted by atomic mass is 9.83. The molecule has 0 aromatic rings. The molecule has 2 aliphatic rings. The van der Waals surface area contributed by atoms with E-state index in [9.17, 15) is 4.79 Å². The molecule has 2 aliphatic carbocycles. The minimum atomic E-state index is 0.178. The number of nitrogens with zero attached hydrogens (tertiary/aromatic N) is 1. The SMILES string of the molecule is NC1CCC(CCC(=O)N(CCCO)C2CCC2)CC1. The van der Waals surface area contributed by atoms with E-state index < -0.39 is 0 Å². The predicted octanol–water partition coefficient (Wildman–Crippen LogP) is 2.05. The topological polar surface area (TPSA) is 66.6 Å². The number of carbonyl (C=O) groups excluding carboxylic acids is 1. The van der Waals surface area contributed by atoms with Crippen molar-refractivity contribution in [3.05, 3.63) is 0 Å². The van der Waals surface area contributed by atoms with Gasteiger partial charge in [0, 0.05) is 31.7 Å². The first-order valence-corrected chi connectivity index (χ1v) is 8.36. The average molecular weight is 282 g/mol. The molecule has 116 valence electrons. The Kier molecular flexibility index (Phi) is 6.30. The van der Waals surface area contributed by atoms with Crippen LogP contribution in [0.1, 0.15) is 64.2 Å². The number of nitrogens with two attached hydrogens (primary N) is 1. The fourth-order valence-corrected chi connectivity index (χ4v) is 3.40. The van der Waals surface area contributed by atoms with Crippen molar-refractivity contribution in [3.8, 4) is 0 Å². The van der Waals surface area contributed by atoms with Crippen LogP contribution in [-0.2, 0) is 4.79 Å². The van der Waals surface area contributed by atoms with Crippen LogP contribution < -0.4 is 5.73 Å². The van der Waals surface area contributed by atoms with Crippen molar-refractivity contribution in [1.82, 2.24) is 4.90 Å². The Hall–Kier alpha value is -0.610. The maximum Gasteiger partial charge on any atom is 0.222 e. The molecule has 0 spiro atoms. The van der Waals surface area contributed by atoms with Gasteiger partial charge in [-0.3, -0.25) is 4.79 Å². The monoisotopic (exact) mass is 282 g/mol. The normalized spacial score (nSPS) is 27.1. The van der Waals surface area contributed by atoms with E-state index in [1.165, 1.54) is 19.3 Å². The summed E-state index contributed by atoms with van der Waals surface area (Å²) in [5.41, 5.74) is 5.92. The van der Waals surface area contributed by atoms with Gasteiger partial charge in [-0.1, -0.05) is 0 Å². The van der Waals surface area contributed by atoms with Gasteiger partial charge in [-0.25, -0.2) is 0 Å². The summed E-state index contributed by atoms with van der Waals surface area (Å²) < 4.78 is 0. The number of amides is 1. The third-order valence-corrected chi connectivity index (χ3v) is 5.05. The van der Waals surface area contributed by atoms with Crippen LogP contribution in [0.25, 0.3) is 0 Å². The predicted molar refractivity (Wildman–Crippen MR) is 80.2 cm³/mol. The molecule has 0 aromatic carbocycles. The molecule has 0 saturated heterocycles. The zero-order valence-corrected chi connectivity index (χ0v) is 12.6. The Bertz CT molecular complexity index is 297. The second-order valence-corrected chi connectivity index (χ2v) is 6.57. The van der Waals surface area contributed by atoms with Crippen LogP contribution in [0.2, 0.25) is 0 Å². The first kappa shape index (κ1) is 15.8. The van der Waals surface area contributed by atoms with Crippen LogP contribution >= 0.6 is 0 Å². The first-order valence-electron chi connectivity index (χ1n) is 8.36. The molecule has 2 fully saturated rings. The van der Waals surface area contributed by atoms with E-state index in [2.05, 4.69) is 0 Å². The van der Waals surface area contributed by atoms with Gasteiger partial charge in [0.2, 0.25) is 5.91 Å². The van der Waals surface area contributed by atoms with Gasteiger partial charge in [-0.2, -0.15) is 0 Å². The molecule has 2 saturated carbocycles. The molecule has 0 radical (unpaired) electrons. The Morgan fingerprint density at radius 2 is 1.85 bits per heavy atom. The maximum absolute atomic E-state index is 12.4. The van der Waals surface area contributed by atoms with Crippen molar-refractivity contribution < 1.29 is 9.90 Å². The van der Waals surface area contributed by atoms with E-state index in [1.807, 2.05) is 4.90 Å². The van der Waals surface area contributed by atoms with Crippen LogP contribution in [-0.4, -0.2) is 41.1 Å². The molecule has 2 rings (SSSR count). The van der Waals surface area contributed by atoms with E-state index in [1.54, 1.807) is 0 Å². The summed E-state index contributed by atoms with van der Waals surface area (Å²) in [6, 6.07) is 0.840. The summed E-state index contributed by atoms with van der Waals surface area (Å²) in [5.74, 6) is 0.998. The van der Waals surface area contributed by atoms with Gasteiger partial charge in [0.05, 0.1) is 0 Å². The summed E-state index contributed by atoms with van der Waals surface area (Å²) in [7, 11) is 0. The highest BCUT2D eigenvalue weighted by Gasteiger charge is 2.28. The lowest BCUT2D eigenvalue weighted by molar-refractivity contribution is -0.135. The number of aliphatic hydroxyl groups excluding tert-OH is 1.